The number of fused-ring (bicyclic) bond motifs is 1. The fourth-order valence-corrected chi connectivity index (χ4v) is 2.82. The molecule has 0 spiro atoms. The Kier molecular flexibility index (Phi) is 4.19. The van der Waals surface area contributed by atoms with Crippen LogP contribution < -0.4 is 5.32 Å². The van der Waals surface area contributed by atoms with Crippen LogP contribution in [0.15, 0.2) is 12.1 Å². The Hall–Kier alpha value is -1.13. The molecule has 1 N–H and O–H groups in total. The summed E-state index contributed by atoms with van der Waals surface area (Å²) in [7, 11) is 4.20. The summed E-state index contributed by atoms with van der Waals surface area (Å²) in [4.78, 5) is 6.83. The van der Waals surface area contributed by atoms with E-state index in [9.17, 15) is 0 Å². The first kappa shape index (κ1) is 13.3. The van der Waals surface area contributed by atoms with Crippen molar-refractivity contribution in [1.82, 2.24) is 9.88 Å². The third kappa shape index (κ3) is 3.21. The molecule has 1 aromatic heterocycles. The zero-order valence-electron chi connectivity index (χ0n) is 11.6. The Morgan fingerprint density at radius 1 is 1.22 bits per heavy atom. The van der Waals surface area contributed by atoms with Crippen molar-refractivity contribution in [2.75, 3.05) is 32.5 Å². The second-order valence-corrected chi connectivity index (χ2v) is 6.04. The first-order chi connectivity index (χ1) is 8.56. The molecular weight excluding hydrogens is 242 g/mol. The molecule has 0 saturated carbocycles. The molecule has 3 nitrogen and oxygen atoms in total. The maximum absolute atomic E-state index is 4.63. The van der Waals surface area contributed by atoms with Gasteiger partial charge in [-0.3, -0.25) is 0 Å². The summed E-state index contributed by atoms with van der Waals surface area (Å²) in [6, 6.07) is 4.40. The van der Waals surface area contributed by atoms with Gasteiger partial charge >= 0.3 is 0 Å². The Morgan fingerprint density at radius 3 is 2.67 bits per heavy atom. The van der Waals surface area contributed by atoms with Crippen molar-refractivity contribution in [3.05, 3.63) is 23.3 Å². The van der Waals surface area contributed by atoms with Crippen LogP contribution in [0, 0.1) is 13.8 Å². The van der Waals surface area contributed by atoms with Gasteiger partial charge in [-0.2, -0.15) is 0 Å². The first-order valence-corrected chi connectivity index (χ1v) is 7.14. The van der Waals surface area contributed by atoms with Crippen LogP contribution in [0.5, 0.6) is 0 Å². The van der Waals surface area contributed by atoms with Gasteiger partial charge in [0.25, 0.3) is 0 Å². The quantitative estimate of drug-likeness (QED) is 0.839. The average molecular weight is 263 g/mol. The predicted molar refractivity (Wildman–Crippen MR) is 80.8 cm³/mol. The van der Waals surface area contributed by atoms with Crippen LogP contribution in [0.2, 0.25) is 0 Å². The van der Waals surface area contributed by atoms with Gasteiger partial charge in [0.2, 0.25) is 0 Å². The van der Waals surface area contributed by atoms with Gasteiger partial charge in [0.1, 0.15) is 0 Å². The monoisotopic (exact) mass is 263 g/mol. The van der Waals surface area contributed by atoms with E-state index < -0.39 is 0 Å². The molecular formula is C14H21N3S. The second kappa shape index (κ2) is 5.67. The molecule has 0 atom stereocenters. The molecule has 0 aliphatic carbocycles. The number of hydrogen-bond acceptors (Lipinski definition) is 4. The zero-order valence-corrected chi connectivity index (χ0v) is 12.4. The number of nitrogens with one attached hydrogen (secondary N) is 1. The summed E-state index contributed by atoms with van der Waals surface area (Å²) in [5.41, 5.74) is 3.76. The Labute approximate surface area is 113 Å². The molecule has 1 heterocycles. The van der Waals surface area contributed by atoms with Crippen molar-refractivity contribution in [1.29, 1.82) is 0 Å². The molecule has 0 aliphatic rings. The highest BCUT2D eigenvalue weighted by Gasteiger charge is 2.05. The third-order valence-corrected chi connectivity index (χ3v) is 4.04. The number of hydrogen-bond donors (Lipinski definition) is 1. The number of nitrogens with zero attached hydrogens (tertiary/aromatic N) is 2. The second-order valence-electron chi connectivity index (χ2n) is 5.01. The third-order valence-electron chi connectivity index (χ3n) is 3.06. The number of anilines is 1. The molecule has 2 aromatic rings. The summed E-state index contributed by atoms with van der Waals surface area (Å²) in [5.74, 6) is 0. The van der Waals surface area contributed by atoms with Crippen LogP contribution in [0.1, 0.15) is 17.5 Å². The topological polar surface area (TPSA) is 28.2 Å². The van der Waals surface area contributed by atoms with Crippen LogP contribution in [0.4, 0.5) is 5.13 Å². The van der Waals surface area contributed by atoms with E-state index in [0.29, 0.717) is 0 Å². The molecule has 1 aromatic carbocycles. The van der Waals surface area contributed by atoms with E-state index in [0.717, 1.165) is 30.2 Å². The lowest BCUT2D eigenvalue weighted by Gasteiger charge is -2.08. The molecule has 0 amide bonds. The lowest BCUT2D eigenvalue weighted by atomic mass is 10.1. The summed E-state index contributed by atoms with van der Waals surface area (Å²) < 4.78 is 1.27. The van der Waals surface area contributed by atoms with Crippen LogP contribution >= 0.6 is 11.3 Å². The Balaban J connectivity index is 2.02. The van der Waals surface area contributed by atoms with E-state index in [1.165, 1.54) is 15.8 Å². The van der Waals surface area contributed by atoms with Crippen molar-refractivity contribution in [2.24, 2.45) is 0 Å². The van der Waals surface area contributed by atoms with E-state index in [4.69, 9.17) is 0 Å². The molecule has 98 valence electrons. The average Bonchev–Trinajstić information content (AvgIpc) is 2.67. The van der Waals surface area contributed by atoms with E-state index in [1.54, 1.807) is 11.3 Å². The van der Waals surface area contributed by atoms with Gasteiger partial charge in [-0.15, -0.1) is 0 Å². The molecule has 18 heavy (non-hydrogen) atoms. The maximum Gasteiger partial charge on any atom is 0.183 e. The minimum absolute atomic E-state index is 0.982. The van der Waals surface area contributed by atoms with Gasteiger partial charge in [0.15, 0.2) is 5.13 Å². The van der Waals surface area contributed by atoms with Gasteiger partial charge < -0.3 is 10.2 Å². The number of thiazole rings is 1. The number of benzene rings is 1. The standard InChI is InChI=1S/C14H21N3S/c1-10-8-12-13(9-11(10)2)18-14(16-12)15-6-5-7-17(3)4/h8-9H,5-7H2,1-4H3,(H,15,16). The smallest absolute Gasteiger partial charge is 0.183 e. The van der Waals surface area contributed by atoms with Crippen molar-refractivity contribution in [3.8, 4) is 0 Å². The minimum Gasteiger partial charge on any atom is -0.361 e. The van der Waals surface area contributed by atoms with Crippen molar-refractivity contribution in [2.45, 2.75) is 20.3 Å². The van der Waals surface area contributed by atoms with E-state index in [-0.39, 0.29) is 0 Å². The minimum atomic E-state index is 0.982. The molecule has 0 bridgehead atoms. The largest absolute Gasteiger partial charge is 0.361 e. The SMILES string of the molecule is Cc1cc2nc(NCCCN(C)C)sc2cc1C. The molecule has 0 radical (unpaired) electrons. The maximum atomic E-state index is 4.63. The van der Waals surface area contributed by atoms with Crippen molar-refractivity contribution in [3.63, 3.8) is 0 Å². The predicted octanol–water partition coefficient (Wildman–Crippen LogP) is 3.28. The van der Waals surface area contributed by atoms with Gasteiger partial charge in [0.05, 0.1) is 10.2 Å². The fourth-order valence-electron chi connectivity index (χ4n) is 1.85. The summed E-state index contributed by atoms with van der Waals surface area (Å²) >= 11 is 1.74. The van der Waals surface area contributed by atoms with Gasteiger partial charge in [-0.25, -0.2) is 4.98 Å². The molecule has 0 saturated heterocycles. The van der Waals surface area contributed by atoms with Crippen LogP contribution in [0.25, 0.3) is 10.2 Å². The fraction of sp³-hybridized carbons (Fsp3) is 0.500. The molecule has 4 heteroatoms. The van der Waals surface area contributed by atoms with Gasteiger partial charge in [-0.05, 0) is 64.2 Å². The molecule has 0 aliphatic heterocycles. The first-order valence-electron chi connectivity index (χ1n) is 6.32. The van der Waals surface area contributed by atoms with E-state index >= 15 is 0 Å². The zero-order chi connectivity index (χ0) is 13.1. The van der Waals surface area contributed by atoms with Crippen molar-refractivity contribution >= 4 is 26.7 Å². The lowest BCUT2D eigenvalue weighted by Crippen LogP contribution is -2.16. The molecule has 0 fully saturated rings. The summed E-state index contributed by atoms with van der Waals surface area (Å²) in [6.07, 6.45) is 1.14. The van der Waals surface area contributed by atoms with Gasteiger partial charge in [0, 0.05) is 6.54 Å². The lowest BCUT2D eigenvalue weighted by molar-refractivity contribution is 0.405. The summed E-state index contributed by atoms with van der Waals surface area (Å²) in [6.45, 7) is 6.38. The van der Waals surface area contributed by atoms with Crippen molar-refractivity contribution < 1.29 is 0 Å². The van der Waals surface area contributed by atoms with Crippen LogP contribution in [-0.4, -0.2) is 37.1 Å². The molecule has 0 unspecified atom stereocenters. The van der Waals surface area contributed by atoms with Crippen LogP contribution in [0.3, 0.4) is 0 Å². The van der Waals surface area contributed by atoms with Gasteiger partial charge in [-0.1, -0.05) is 11.3 Å². The number of aromatic nitrogens is 1. The van der Waals surface area contributed by atoms with E-state index in [2.05, 4.69) is 55.3 Å². The molecule has 2 rings (SSSR count). The number of rotatable bonds is 5. The Bertz CT molecular complexity index is 492. The highest BCUT2D eigenvalue weighted by Crippen LogP contribution is 2.28. The summed E-state index contributed by atoms with van der Waals surface area (Å²) in [5, 5.41) is 4.44. The highest BCUT2D eigenvalue weighted by atomic mass is 32.1. The van der Waals surface area contributed by atoms with E-state index in [1.807, 2.05) is 0 Å². The number of aryl methyl sites for hydroxylation is 2. The highest BCUT2D eigenvalue weighted by molar-refractivity contribution is 7.22. The Morgan fingerprint density at radius 2 is 1.94 bits per heavy atom. The van der Waals surface area contributed by atoms with Crippen LogP contribution in [-0.2, 0) is 0 Å². The normalized spacial score (nSPS) is 11.4.